The smallest absolute Gasteiger partial charge is 0.251 e. The van der Waals surface area contributed by atoms with Gasteiger partial charge in [0.25, 0.3) is 5.91 Å². The number of nitrogen functional groups attached to an aromatic ring is 1. The molecule has 1 aromatic carbocycles. The molecule has 1 heterocycles. The van der Waals surface area contributed by atoms with Crippen LogP contribution in [0.3, 0.4) is 0 Å². The van der Waals surface area contributed by atoms with Gasteiger partial charge in [-0.15, -0.1) is 5.10 Å². The van der Waals surface area contributed by atoms with Gasteiger partial charge in [-0.1, -0.05) is 28.4 Å². The number of halogens is 2. The summed E-state index contributed by atoms with van der Waals surface area (Å²) in [6, 6.07) is 2.99. The summed E-state index contributed by atoms with van der Waals surface area (Å²) in [5.41, 5.74) is 6.33. The summed E-state index contributed by atoms with van der Waals surface area (Å²) in [7, 11) is 0. The lowest BCUT2D eigenvalue weighted by Crippen LogP contribution is -2.25. The third-order valence-electron chi connectivity index (χ3n) is 2.64. The second-order valence-electron chi connectivity index (χ2n) is 4.14. The van der Waals surface area contributed by atoms with Gasteiger partial charge in [-0.3, -0.25) is 9.48 Å². The van der Waals surface area contributed by atoms with Gasteiger partial charge in [-0.25, -0.2) is 0 Å². The van der Waals surface area contributed by atoms with E-state index in [-0.39, 0.29) is 21.6 Å². The van der Waals surface area contributed by atoms with Crippen LogP contribution in [0.1, 0.15) is 16.8 Å². The Labute approximate surface area is 125 Å². The largest absolute Gasteiger partial charge is 0.397 e. The van der Waals surface area contributed by atoms with Crippen LogP contribution in [-0.4, -0.2) is 27.4 Å². The van der Waals surface area contributed by atoms with E-state index in [0.29, 0.717) is 18.7 Å². The van der Waals surface area contributed by atoms with E-state index >= 15 is 0 Å². The van der Waals surface area contributed by atoms with Crippen LogP contribution in [0.15, 0.2) is 24.5 Å². The van der Waals surface area contributed by atoms with Gasteiger partial charge in [0.15, 0.2) is 0 Å². The van der Waals surface area contributed by atoms with Crippen molar-refractivity contribution in [2.24, 2.45) is 0 Å². The molecule has 0 aliphatic rings. The minimum Gasteiger partial charge on any atom is -0.397 e. The first-order chi connectivity index (χ1) is 9.58. The number of anilines is 1. The van der Waals surface area contributed by atoms with E-state index in [1.165, 1.54) is 12.1 Å². The molecule has 3 N–H and O–H groups in total. The molecule has 1 amide bonds. The van der Waals surface area contributed by atoms with Crippen LogP contribution in [-0.2, 0) is 6.54 Å². The second-order valence-corrected chi connectivity index (χ2v) is 4.92. The summed E-state index contributed by atoms with van der Waals surface area (Å²) in [5.74, 6) is -0.242. The highest BCUT2D eigenvalue weighted by atomic mass is 35.5. The number of nitrogens with zero attached hydrogens (tertiary/aromatic N) is 3. The average molecular weight is 314 g/mol. The quantitative estimate of drug-likeness (QED) is 0.653. The molecule has 0 aliphatic heterocycles. The molecule has 0 spiro atoms. The Morgan fingerprint density at radius 1 is 1.40 bits per heavy atom. The van der Waals surface area contributed by atoms with Crippen LogP contribution >= 0.6 is 23.2 Å². The van der Waals surface area contributed by atoms with Crippen molar-refractivity contribution in [3.05, 3.63) is 40.1 Å². The van der Waals surface area contributed by atoms with Crippen LogP contribution in [0.2, 0.25) is 10.0 Å². The molecule has 0 aliphatic carbocycles. The van der Waals surface area contributed by atoms with E-state index in [9.17, 15) is 4.79 Å². The van der Waals surface area contributed by atoms with E-state index in [4.69, 9.17) is 28.9 Å². The summed E-state index contributed by atoms with van der Waals surface area (Å²) in [6.45, 7) is 1.20. The van der Waals surface area contributed by atoms with Gasteiger partial charge in [0.05, 0.1) is 21.9 Å². The molecule has 6 nitrogen and oxygen atoms in total. The van der Waals surface area contributed by atoms with E-state index < -0.39 is 0 Å². The first-order valence-electron chi connectivity index (χ1n) is 5.94. The normalized spacial score (nSPS) is 10.5. The predicted molar refractivity (Wildman–Crippen MR) is 77.8 cm³/mol. The van der Waals surface area contributed by atoms with E-state index in [1.807, 2.05) is 0 Å². The van der Waals surface area contributed by atoms with Gasteiger partial charge in [0, 0.05) is 24.8 Å². The average Bonchev–Trinajstić information content (AvgIpc) is 2.93. The Bertz CT molecular complexity index is 577. The van der Waals surface area contributed by atoms with Gasteiger partial charge in [-0.2, -0.15) is 0 Å². The number of nitrogens with one attached hydrogen (secondary N) is 1. The molecule has 0 unspecified atom stereocenters. The van der Waals surface area contributed by atoms with Crippen LogP contribution in [0.4, 0.5) is 5.69 Å². The Balaban J connectivity index is 1.86. The van der Waals surface area contributed by atoms with Crippen LogP contribution in [0, 0.1) is 0 Å². The molecule has 0 saturated heterocycles. The lowest BCUT2D eigenvalue weighted by atomic mass is 10.2. The van der Waals surface area contributed by atoms with Crippen LogP contribution in [0.5, 0.6) is 0 Å². The fraction of sp³-hybridized carbons (Fsp3) is 0.250. The Hall–Kier alpha value is -1.79. The van der Waals surface area contributed by atoms with E-state index in [1.54, 1.807) is 17.1 Å². The molecule has 20 heavy (non-hydrogen) atoms. The Morgan fingerprint density at radius 2 is 2.20 bits per heavy atom. The number of carbonyl (C=O) groups excluding carboxylic acids is 1. The van der Waals surface area contributed by atoms with Crippen molar-refractivity contribution >= 4 is 34.8 Å². The van der Waals surface area contributed by atoms with Gasteiger partial charge >= 0.3 is 0 Å². The zero-order valence-corrected chi connectivity index (χ0v) is 12.0. The SMILES string of the molecule is Nc1cc(C(=O)NCCCn2ccnn2)cc(Cl)c1Cl. The summed E-state index contributed by atoms with van der Waals surface area (Å²) < 4.78 is 1.70. The molecule has 106 valence electrons. The monoisotopic (exact) mass is 313 g/mol. The number of carbonyl (C=O) groups is 1. The van der Waals surface area contributed by atoms with Crippen molar-refractivity contribution in [1.29, 1.82) is 0 Å². The second kappa shape index (κ2) is 6.58. The molecule has 2 rings (SSSR count). The molecule has 0 saturated carbocycles. The van der Waals surface area contributed by atoms with Crippen molar-refractivity contribution in [3.8, 4) is 0 Å². The van der Waals surface area contributed by atoms with Crippen molar-refractivity contribution in [2.75, 3.05) is 12.3 Å². The number of aryl methyl sites for hydroxylation is 1. The fourth-order valence-corrected chi connectivity index (χ4v) is 1.97. The third-order valence-corrected chi connectivity index (χ3v) is 3.46. The molecule has 2 aromatic rings. The Morgan fingerprint density at radius 3 is 2.85 bits per heavy atom. The van der Waals surface area contributed by atoms with Crippen molar-refractivity contribution in [1.82, 2.24) is 20.3 Å². The number of rotatable bonds is 5. The minimum absolute atomic E-state index is 0.242. The van der Waals surface area contributed by atoms with Gasteiger partial charge < -0.3 is 11.1 Å². The van der Waals surface area contributed by atoms with Gasteiger partial charge in [0.1, 0.15) is 0 Å². The molecule has 0 atom stereocenters. The lowest BCUT2D eigenvalue weighted by molar-refractivity contribution is 0.0952. The highest BCUT2D eigenvalue weighted by Gasteiger charge is 2.10. The molecular formula is C12H13Cl2N5O. The molecule has 0 fully saturated rings. The zero-order valence-electron chi connectivity index (χ0n) is 10.5. The minimum atomic E-state index is -0.242. The first kappa shape index (κ1) is 14.6. The summed E-state index contributed by atoms with van der Waals surface area (Å²) in [4.78, 5) is 11.9. The molecule has 8 heteroatoms. The topological polar surface area (TPSA) is 85.8 Å². The van der Waals surface area contributed by atoms with Crippen molar-refractivity contribution in [2.45, 2.75) is 13.0 Å². The van der Waals surface area contributed by atoms with Crippen molar-refractivity contribution < 1.29 is 4.79 Å². The fourth-order valence-electron chi connectivity index (χ4n) is 1.64. The molecular weight excluding hydrogens is 301 g/mol. The molecule has 0 radical (unpaired) electrons. The van der Waals surface area contributed by atoms with Crippen LogP contribution < -0.4 is 11.1 Å². The van der Waals surface area contributed by atoms with E-state index in [0.717, 1.165) is 6.42 Å². The number of aromatic nitrogens is 3. The van der Waals surface area contributed by atoms with Gasteiger partial charge in [-0.05, 0) is 18.6 Å². The summed E-state index contributed by atoms with van der Waals surface area (Å²) >= 11 is 11.7. The number of hydrogen-bond donors (Lipinski definition) is 2. The third kappa shape index (κ3) is 3.61. The van der Waals surface area contributed by atoms with Crippen LogP contribution in [0.25, 0.3) is 0 Å². The summed E-state index contributed by atoms with van der Waals surface area (Å²) in [5, 5.41) is 10.8. The Kier molecular flexibility index (Phi) is 4.81. The number of amides is 1. The van der Waals surface area contributed by atoms with Gasteiger partial charge in [0.2, 0.25) is 0 Å². The van der Waals surface area contributed by atoms with Crippen molar-refractivity contribution in [3.63, 3.8) is 0 Å². The zero-order chi connectivity index (χ0) is 14.5. The maximum atomic E-state index is 11.9. The standard InChI is InChI=1S/C12H13Cl2N5O/c13-9-6-8(7-10(15)11(9)14)12(20)16-2-1-4-19-5-3-17-18-19/h3,5-7H,1-2,4,15H2,(H,16,20). The highest BCUT2D eigenvalue weighted by Crippen LogP contribution is 2.29. The first-order valence-corrected chi connectivity index (χ1v) is 6.70. The van der Waals surface area contributed by atoms with E-state index in [2.05, 4.69) is 15.6 Å². The highest BCUT2D eigenvalue weighted by molar-refractivity contribution is 6.43. The predicted octanol–water partition coefficient (Wildman–Crippen LogP) is 1.99. The lowest BCUT2D eigenvalue weighted by Gasteiger charge is -2.08. The maximum Gasteiger partial charge on any atom is 0.251 e. The molecule has 0 bridgehead atoms. The number of benzene rings is 1. The maximum absolute atomic E-state index is 11.9. The number of nitrogens with two attached hydrogens (primary N) is 1. The summed E-state index contributed by atoms with van der Waals surface area (Å²) in [6.07, 6.45) is 4.12. The number of hydrogen-bond acceptors (Lipinski definition) is 4. The molecule has 1 aromatic heterocycles.